The molecule has 0 fully saturated rings. The first-order valence-electron chi connectivity index (χ1n) is 11.9. The number of hydrogen-bond donors (Lipinski definition) is 1. The molecule has 6 nitrogen and oxygen atoms in total. The molecule has 0 unspecified atom stereocenters. The summed E-state index contributed by atoms with van der Waals surface area (Å²) in [4.78, 5) is 32.1. The number of halogens is 6. The highest BCUT2D eigenvalue weighted by Gasteiger charge is 2.41. The minimum atomic E-state index is -5.08. The van der Waals surface area contributed by atoms with Gasteiger partial charge in [0.1, 0.15) is 12.5 Å². The molecule has 0 aliphatic carbocycles. The number of alkyl halides is 6. The van der Waals surface area contributed by atoms with Crippen LogP contribution >= 0.6 is 0 Å². The van der Waals surface area contributed by atoms with Gasteiger partial charge in [0.15, 0.2) is 0 Å². The van der Waals surface area contributed by atoms with Crippen molar-refractivity contribution in [3.05, 3.63) is 77.0 Å². The second-order valence-electron chi connectivity index (χ2n) is 9.75. The van der Waals surface area contributed by atoms with Crippen LogP contribution in [0, 0.1) is 6.92 Å². The molecule has 0 saturated heterocycles. The van der Waals surface area contributed by atoms with Crippen LogP contribution in [-0.4, -0.2) is 35.7 Å². The Morgan fingerprint density at radius 1 is 0.875 bits per heavy atom. The van der Waals surface area contributed by atoms with Crippen molar-refractivity contribution in [1.82, 2.24) is 4.98 Å². The molecular weight excluding hydrogens is 540 g/mol. The SMILES string of the molecule is CC(=O)N(CO)c1cc(-c2ccccc2C)c(N(C)C(=O)C(C)(C)c2cc(C(F)(F)F)cc(C(F)(F)F)c2)cn1. The quantitative estimate of drug-likeness (QED) is 0.279. The van der Waals surface area contributed by atoms with E-state index in [9.17, 15) is 41.0 Å². The van der Waals surface area contributed by atoms with Gasteiger partial charge in [0.05, 0.1) is 28.4 Å². The standard InChI is InChI=1S/C28H27F6N3O3/c1-16-8-6-7-9-21(16)22-13-24(37(15-38)17(2)39)35-14-23(22)36(5)25(40)26(3,4)18-10-19(27(29,30)31)12-20(11-18)28(32,33)34/h6-14,38H,15H2,1-5H3. The molecule has 40 heavy (non-hydrogen) atoms. The second-order valence-corrected chi connectivity index (χ2v) is 9.75. The van der Waals surface area contributed by atoms with Crippen molar-refractivity contribution in [3.8, 4) is 11.1 Å². The Labute approximate surface area is 226 Å². The average molecular weight is 568 g/mol. The second kappa shape index (κ2) is 10.9. The molecule has 1 heterocycles. The van der Waals surface area contributed by atoms with E-state index in [1.54, 1.807) is 31.2 Å². The van der Waals surface area contributed by atoms with Crippen LogP contribution < -0.4 is 9.80 Å². The molecule has 214 valence electrons. The van der Waals surface area contributed by atoms with Crippen LogP contribution in [0.4, 0.5) is 37.8 Å². The summed E-state index contributed by atoms with van der Waals surface area (Å²) in [6.07, 6.45) is -8.90. The summed E-state index contributed by atoms with van der Waals surface area (Å²) >= 11 is 0. The van der Waals surface area contributed by atoms with Crippen LogP contribution in [0.2, 0.25) is 0 Å². The zero-order valence-corrected chi connectivity index (χ0v) is 22.3. The van der Waals surface area contributed by atoms with Crippen molar-refractivity contribution in [2.24, 2.45) is 0 Å². The summed E-state index contributed by atoms with van der Waals surface area (Å²) in [7, 11) is 1.33. The highest BCUT2D eigenvalue weighted by atomic mass is 19.4. The van der Waals surface area contributed by atoms with Crippen LogP contribution in [0.15, 0.2) is 54.7 Å². The van der Waals surface area contributed by atoms with Gasteiger partial charge in [-0.05, 0) is 61.7 Å². The molecule has 1 N–H and O–H groups in total. The molecule has 0 saturated carbocycles. The van der Waals surface area contributed by atoms with E-state index >= 15 is 0 Å². The van der Waals surface area contributed by atoms with Crippen molar-refractivity contribution in [1.29, 1.82) is 0 Å². The molecule has 0 spiro atoms. The van der Waals surface area contributed by atoms with E-state index in [0.717, 1.165) is 15.4 Å². The zero-order chi connectivity index (χ0) is 30.2. The monoisotopic (exact) mass is 567 g/mol. The number of carbonyl (C=O) groups is 2. The first-order chi connectivity index (χ1) is 18.4. The third-order valence-corrected chi connectivity index (χ3v) is 6.61. The van der Waals surface area contributed by atoms with Crippen LogP contribution in [0.3, 0.4) is 0 Å². The maximum Gasteiger partial charge on any atom is 0.416 e. The first kappa shape index (κ1) is 30.6. The fourth-order valence-corrected chi connectivity index (χ4v) is 4.24. The lowest BCUT2D eigenvalue weighted by atomic mass is 9.81. The van der Waals surface area contributed by atoms with Crippen LogP contribution in [-0.2, 0) is 27.4 Å². The predicted molar refractivity (Wildman–Crippen MR) is 138 cm³/mol. The minimum Gasteiger partial charge on any atom is -0.376 e. The molecule has 2 amide bonds. The van der Waals surface area contributed by atoms with Crippen molar-refractivity contribution in [3.63, 3.8) is 0 Å². The number of carbonyl (C=O) groups excluding carboxylic acids is 2. The Morgan fingerprint density at radius 2 is 1.40 bits per heavy atom. The van der Waals surface area contributed by atoms with Gasteiger partial charge in [0, 0.05) is 19.5 Å². The van der Waals surface area contributed by atoms with Crippen molar-refractivity contribution in [2.75, 3.05) is 23.6 Å². The fraction of sp³-hybridized carbons (Fsp3) is 0.321. The number of pyridine rings is 1. The summed E-state index contributed by atoms with van der Waals surface area (Å²) in [5.74, 6) is -1.24. The lowest BCUT2D eigenvalue weighted by Gasteiger charge is -2.32. The Hall–Kier alpha value is -3.93. The maximum absolute atomic E-state index is 13.8. The van der Waals surface area contributed by atoms with E-state index in [4.69, 9.17) is 0 Å². The molecule has 0 radical (unpaired) electrons. The molecule has 0 bridgehead atoms. The molecule has 0 atom stereocenters. The number of aromatic nitrogens is 1. The number of aliphatic hydroxyl groups excluding tert-OH is 1. The first-order valence-corrected chi connectivity index (χ1v) is 11.9. The van der Waals surface area contributed by atoms with Gasteiger partial charge in [-0.15, -0.1) is 0 Å². The third kappa shape index (κ3) is 6.11. The summed E-state index contributed by atoms with van der Waals surface area (Å²) < 4.78 is 81.0. The number of nitrogens with zero attached hydrogens (tertiary/aromatic N) is 3. The van der Waals surface area contributed by atoms with E-state index in [0.29, 0.717) is 23.3 Å². The number of anilines is 2. The smallest absolute Gasteiger partial charge is 0.376 e. The van der Waals surface area contributed by atoms with Gasteiger partial charge in [-0.2, -0.15) is 26.3 Å². The Morgan fingerprint density at radius 3 is 1.88 bits per heavy atom. The number of aryl methyl sites for hydroxylation is 1. The van der Waals surface area contributed by atoms with Crippen molar-refractivity contribution in [2.45, 2.75) is 45.5 Å². The van der Waals surface area contributed by atoms with E-state index in [1.807, 2.05) is 0 Å². The zero-order valence-electron chi connectivity index (χ0n) is 22.3. The average Bonchev–Trinajstić information content (AvgIpc) is 2.87. The molecule has 3 rings (SSSR count). The van der Waals surface area contributed by atoms with Gasteiger partial charge in [-0.25, -0.2) is 4.98 Å². The summed E-state index contributed by atoms with van der Waals surface area (Å²) in [5, 5.41) is 9.67. The van der Waals surface area contributed by atoms with Crippen LogP contribution in [0.1, 0.15) is 43.0 Å². The van der Waals surface area contributed by atoms with E-state index in [1.165, 1.54) is 40.1 Å². The fourth-order valence-electron chi connectivity index (χ4n) is 4.24. The number of rotatable bonds is 6. The maximum atomic E-state index is 13.8. The summed E-state index contributed by atoms with van der Waals surface area (Å²) in [6.45, 7) is 4.82. The van der Waals surface area contributed by atoms with Gasteiger partial charge < -0.3 is 10.0 Å². The highest BCUT2D eigenvalue weighted by Crippen LogP contribution is 2.41. The van der Waals surface area contributed by atoms with Crippen LogP contribution in [0.25, 0.3) is 11.1 Å². The summed E-state index contributed by atoms with van der Waals surface area (Å²) in [6, 6.07) is 9.59. The molecule has 0 aliphatic rings. The molecular formula is C28H27F6N3O3. The van der Waals surface area contributed by atoms with E-state index in [-0.39, 0.29) is 17.6 Å². The van der Waals surface area contributed by atoms with E-state index < -0.39 is 53.0 Å². The Balaban J connectivity index is 2.19. The molecule has 1 aromatic heterocycles. The van der Waals surface area contributed by atoms with Crippen molar-refractivity contribution < 1.29 is 41.0 Å². The number of amides is 2. The molecule has 2 aromatic carbocycles. The van der Waals surface area contributed by atoms with Crippen LogP contribution in [0.5, 0.6) is 0 Å². The number of aliphatic hydroxyl groups is 1. The topological polar surface area (TPSA) is 73.7 Å². The lowest BCUT2D eigenvalue weighted by Crippen LogP contribution is -2.42. The van der Waals surface area contributed by atoms with Gasteiger partial charge in [0.25, 0.3) is 0 Å². The Bertz CT molecular complexity index is 1400. The largest absolute Gasteiger partial charge is 0.416 e. The molecule has 12 heteroatoms. The van der Waals surface area contributed by atoms with Gasteiger partial charge in [-0.1, -0.05) is 24.3 Å². The number of likely N-dealkylation sites (N-methyl/N-ethyl adjacent to an activating group) is 1. The van der Waals surface area contributed by atoms with Gasteiger partial charge in [-0.3, -0.25) is 14.5 Å². The van der Waals surface area contributed by atoms with Crippen molar-refractivity contribution >= 4 is 23.3 Å². The van der Waals surface area contributed by atoms with E-state index in [2.05, 4.69) is 4.98 Å². The molecule has 0 aliphatic heterocycles. The number of hydrogen-bond acceptors (Lipinski definition) is 4. The molecule has 3 aromatic rings. The minimum absolute atomic E-state index is 0.00856. The highest BCUT2D eigenvalue weighted by molar-refractivity contribution is 6.03. The third-order valence-electron chi connectivity index (χ3n) is 6.61. The predicted octanol–water partition coefficient (Wildman–Crippen LogP) is 6.34. The number of benzene rings is 2. The lowest BCUT2D eigenvalue weighted by molar-refractivity contribution is -0.143. The van der Waals surface area contributed by atoms with Gasteiger partial charge in [0.2, 0.25) is 11.8 Å². The van der Waals surface area contributed by atoms with Gasteiger partial charge >= 0.3 is 12.4 Å². The normalized spacial score (nSPS) is 12.3. The Kier molecular flexibility index (Phi) is 8.35. The summed E-state index contributed by atoms with van der Waals surface area (Å²) in [5.41, 5.74) is -3.40.